The Hall–Kier alpha value is -5.05. The van der Waals surface area contributed by atoms with E-state index in [1.165, 1.54) is 7.11 Å². The van der Waals surface area contributed by atoms with Gasteiger partial charge in [-0.2, -0.15) is 0 Å². The van der Waals surface area contributed by atoms with Crippen molar-refractivity contribution < 1.29 is 28.9 Å². The Balaban J connectivity index is 1.38. The number of methoxy groups -OCH3 is 3. The molecule has 2 amide bonds. The number of hydrogen-bond acceptors (Lipinski definition) is 7. The summed E-state index contributed by atoms with van der Waals surface area (Å²) in [7, 11) is 4.72. The third kappa shape index (κ3) is 6.30. The third-order valence-electron chi connectivity index (χ3n) is 7.43. The van der Waals surface area contributed by atoms with Crippen LogP contribution in [0.3, 0.4) is 0 Å². The van der Waals surface area contributed by atoms with Gasteiger partial charge in [0.25, 0.3) is 5.91 Å². The lowest BCUT2D eigenvalue weighted by Gasteiger charge is -2.24. The van der Waals surface area contributed by atoms with Crippen molar-refractivity contribution in [2.24, 2.45) is 0 Å². The van der Waals surface area contributed by atoms with Crippen LogP contribution in [0.1, 0.15) is 39.5 Å². The molecule has 0 aliphatic carbocycles. The van der Waals surface area contributed by atoms with Crippen molar-refractivity contribution in [2.75, 3.05) is 32.8 Å². The lowest BCUT2D eigenvalue weighted by atomic mass is 9.98. The number of aromatic hydroxyl groups is 1. The van der Waals surface area contributed by atoms with Gasteiger partial charge in [0.2, 0.25) is 5.91 Å². The molecule has 0 spiro atoms. The molecule has 0 bridgehead atoms. The molecular weight excluding hydrogens is 534 g/mol. The second-order valence-corrected chi connectivity index (χ2v) is 10.1. The van der Waals surface area contributed by atoms with Gasteiger partial charge in [-0.3, -0.25) is 14.6 Å². The molecule has 216 valence electrons. The lowest BCUT2D eigenvalue weighted by Crippen LogP contribution is -2.31. The maximum atomic E-state index is 13.9. The van der Waals surface area contributed by atoms with Gasteiger partial charge in [-0.05, 0) is 65.2 Å². The molecule has 42 heavy (non-hydrogen) atoms. The van der Waals surface area contributed by atoms with Gasteiger partial charge in [-0.1, -0.05) is 30.3 Å². The summed E-state index contributed by atoms with van der Waals surface area (Å²) >= 11 is 0. The molecule has 4 aromatic rings. The molecule has 0 saturated carbocycles. The van der Waals surface area contributed by atoms with Crippen LogP contribution in [-0.2, 0) is 17.9 Å². The van der Waals surface area contributed by atoms with Crippen molar-refractivity contribution in [3.63, 3.8) is 0 Å². The smallest absolute Gasteiger partial charge is 0.273 e. The van der Waals surface area contributed by atoms with E-state index in [1.807, 2.05) is 54.6 Å². The Morgan fingerprint density at radius 1 is 0.881 bits per heavy atom. The summed E-state index contributed by atoms with van der Waals surface area (Å²) in [5.41, 5.74) is 3.57. The Kier molecular flexibility index (Phi) is 8.57. The van der Waals surface area contributed by atoms with Crippen LogP contribution in [-0.4, -0.2) is 54.7 Å². The molecule has 0 unspecified atom stereocenters. The SMILES string of the molecule is COc1ccc(CN(Cc2ccc(OC)cc2)C(=O)c2cc(N3C[C@@H](c4ccc(OC)c(O)c4)CC3=O)ccn2)cc1. The molecule has 1 atom stereocenters. The number of rotatable bonds is 10. The fraction of sp³-hybridized carbons (Fsp3) is 0.242. The molecule has 3 aromatic carbocycles. The predicted octanol–water partition coefficient (Wildman–Crippen LogP) is 5.18. The number of ether oxygens (including phenoxy) is 3. The zero-order valence-electron chi connectivity index (χ0n) is 23.8. The van der Waals surface area contributed by atoms with Gasteiger partial charge in [-0.15, -0.1) is 0 Å². The summed E-state index contributed by atoms with van der Waals surface area (Å²) in [6.45, 7) is 1.13. The normalized spacial score (nSPS) is 14.5. The molecular formula is C33H33N3O6. The minimum absolute atomic E-state index is 0.0338. The van der Waals surface area contributed by atoms with Gasteiger partial charge in [0.15, 0.2) is 11.5 Å². The Bertz CT molecular complexity index is 1510. The summed E-state index contributed by atoms with van der Waals surface area (Å²) in [4.78, 5) is 34.8. The molecule has 5 rings (SSSR count). The number of nitrogens with zero attached hydrogens (tertiary/aromatic N) is 3. The van der Waals surface area contributed by atoms with Crippen LogP contribution < -0.4 is 19.1 Å². The molecule has 1 aliphatic rings. The van der Waals surface area contributed by atoms with Gasteiger partial charge in [0.05, 0.1) is 21.3 Å². The van der Waals surface area contributed by atoms with E-state index in [2.05, 4.69) is 4.98 Å². The molecule has 1 N–H and O–H groups in total. The fourth-order valence-corrected chi connectivity index (χ4v) is 5.11. The Morgan fingerprint density at radius 3 is 2.05 bits per heavy atom. The molecule has 1 aromatic heterocycles. The summed E-state index contributed by atoms with van der Waals surface area (Å²) in [6.07, 6.45) is 1.85. The van der Waals surface area contributed by atoms with Gasteiger partial charge < -0.3 is 29.1 Å². The van der Waals surface area contributed by atoms with Crippen LogP contribution in [0.25, 0.3) is 0 Å². The van der Waals surface area contributed by atoms with E-state index in [9.17, 15) is 14.7 Å². The number of amides is 2. The van der Waals surface area contributed by atoms with Crippen molar-refractivity contribution in [1.29, 1.82) is 0 Å². The molecule has 9 nitrogen and oxygen atoms in total. The van der Waals surface area contributed by atoms with Crippen LogP contribution >= 0.6 is 0 Å². The van der Waals surface area contributed by atoms with Gasteiger partial charge in [-0.25, -0.2) is 0 Å². The van der Waals surface area contributed by atoms with Gasteiger partial charge >= 0.3 is 0 Å². The average Bonchev–Trinajstić information content (AvgIpc) is 3.42. The number of phenolic OH excluding ortho intramolecular Hbond substituents is 1. The fourth-order valence-electron chi connectivity index (χ4n) is 5.11. The monoisotopic (exact) mass is 567 g/mol. The summed E-state index contributed by atoms with van der Waals surface area (Å²) in [6, 6.07) is 23.8. The predicted molar refractivity (Wildman–Crippen MR) is 158 cm³/mol. The first-order valence-corrected chi connectivity index (χ1v) is 13.6. The van der Waals surface area contributed by atoms with Crippen LogP contribution in [0.4, 0.5) is 5.69 Å². The van der Waals surface area contributed by atoms with Gasteiger partial charge in [0, 0.05) is 43.9 Å². The maximum absolute atomic E-state index is 13.9. The highest BCUT2D eigenvalue weighted by molar-refractivity contribution is 5.98. The van der Waals surface area contributed by atoms with Gasteiger partial charge in [0.1, 0.15) is 17.2 Å². The van der Waals surface area contributed by atoms with E-state index in [-0.39, 0.29) is 29.2 Å². The molecule has 2 heterocycles. The van der Waals surface area contributed by atoms with Crippen LogP contribution in [0, 0.1) is 0 Å². The van der Waals surface area contributed by atoms with E-state index < -0.39 is 0 Å². The number of phenols is 1. The second-order valence-electron chi connectivity index (χ2n) is 10.1. The Morgan fingerprint density at radius 2 is 1.50 bits per heavy atom. The highest BCUT2D eigenvalue weighted by Crippen LogP contribution is 2.36. The molecule has 9 heteroatoms. The highest BCUT2D eigenvalue weighted by Gasteiger charge is 2.32. The number of benzene rings is 3. The minimum atomic E-state index is -0.258. The first-order chi connectivity index (χ1) is 20.4. The molecule has 1 saturated heterocycles. The van der Waals surface area contributed by atoms with Crippen molar-refractivity contribution in [2.45, 2.75) is 25.4 Å². The number of hydrogen-bond donors (Lipinski definition) is 1. The number of anilines is 1. The number of carbonyl (C=O) groups is 2. The van der Waals surface area contributed by atoms with E-state index in [0.29, 0.717) is 37.5 Å². The zero-order valence-corrected chi connectivity index (χ0v) is 23.8. The van der Waals surface area contributed by atoms with Crippen LogP contribution in [0.5, 0.6) is 23.0 Å². The summed E-state index contributed by atoms with van der Waals surface area (Å²) in [5, 5.41) is 10.2. The van der Waals surface area contributed by atoms with Crippen molar-refractivity contribution in [3.05, 3.63) is 107 Å². The zero-order chi connectivity index (χ0) is 29.6. The third-order valence-corrected chi connectivity index (χ3v) is 7.43. The van der Waals surface area contributed by atoms with Crippen molar-refractivity contribution in [1.82, 2.24) is 9.88 Å². The quantitative estimate of drug-likeness (QED) is 0.282. The number of aromatic nitrogens is 1. The van der Waals surface area contributed by atoms with E-state index >= 15 is 0 Å². The minimum Gasteiger partial charge on any atom is -0.504 e. The number of carbonyl (C=O) groups excluding carboxylic acids is 2. The molecule has 1 fully saturated rings. The van der Waals surface area contributed by atoms with Crippen molar-refractivity contribution in [3.8, 4) is 23.0 Å². The topological polar surface area (TPSA) is 101 Å². The second kappa shape index (κ2) is 12.6. The largest absolute Gasteiger partial charge is 0.504 e. The summed E-state index contributed by atoms with van der Waals surface area (Å²) < 4.78 is 15.7. The van der Waals surface area contributed by atoms with Crippen LogP contribution in [0.2, 0.25) is 0 Å². The maximum Gasteiger partial charge on any atom is 0.273 e. The van der Waals surface area contributed by atoms with E-state index in [1.54, 1.807) is 54.5 Å². The number of pyridine rings is 1. The summed E-state index contributed by atoms with van der Waals surface area (Å²) in [5.74, 6) is 1.46. The first-order valence-electron chi connectivity index (χ1n) is 13.6. The highest BCUT2D eigenvalue weighted by atomic mass is 16.5. The van der Waals surface area contributed by atoms with E-state index in [0.717, 1.165) is 28.2 Å². The van der Waals surface area contributed by atoms with Crippen molar-refractivity contribution >= 4 is 17.5 Å². The van der Waals surface area contributed by atoms with Crippen LogP contribution in [0.15, 0.2) is 85.1 Å². The van der Waals surface area contributed by atoms with E-state index in [4.69, 9.17) is 14.2 Å². The Labute approximate surface area is 244 Å². The molecule has 0 radical (unpaired) electrons. The average molecular weight is 568 g/mol. The standard InChI is InChI=1S/C33H33N3O6/c1-40-27-9-4-22(5-10-27)19-35(20-23-6-11-28(41-2)12-7-23)33(39)29-18-26(14-15-34-29)36-21-25(17-32(36)38)24-8-13-31(42-3)30(37)16-24/h4-16,18,25,37H,17,19-21H2,1-3H3/t25-/m0/s1. The lowest BCUT2D eigenvalue weighted by molar-refractivity contribution is -0.117. The first kappa shape index (κ1) is 28.5. The molecule has 1 aliphatic heterocycles.